The van der Waals surface area contributed by atoms with Gasteiger partial charge in [-0.3, -0.25) is 0 Å². The second-order valence-corrected chi connectivity index (χ2v) is 5.11. The lowest BCUT2D eigenvalue weighted by Gasteiger charge is -2.00. The van der Waals surface area contributed by atoms with E-state index in [2.05, 4.69) is 15.9 Å². The number of alkyl halides is 1. The predicted molar refractivity (Wildman–Crippen MR) is 61.3 cm³/mol. The average molecular weight is 253 g/mol. The van der Waals surface area contributed by atoms with Gasteiger partial charge in [-0.15, -0.1) is 0 Å². The molecule has 2 nitrogen and oxygen atoms in total. The Morgan fingerprint density at radius 1 is 1.15 bits per heavy atom. The lowest BCUT2D eigenvalue weighted by Crippen LogP contribution is -2.09. The fourth-order valence-electron chi connectivity index (χ4n) is 0. The van der Waals surface area contributed by atoms with Crippen LogP contribution in [0.2, 0.25) is 0 Å². The van der Waals surface area contributed by atoms with Crippen molar-refractivity contribution >= 4 is 28.5 Å². The van der Waals surface area contributed by atoms with Crippen molar-refractivity contribution in [1.29, 1.82) is 0 Å². The highest BCUT2D eigenvalue weighted by atomic mass is 79.9. The van der Waals surface area contributed by atoms with Crippen molar-refractivity contribution in [2.24, 2.45) is 5.92 Å². The molecule has 0 unspecified atom stereocenters. The van der Waals surface area contributed by atoms with Crippen LogP contribution in [-0.4, -0.2) is 16.9 Å². The van der Waals surface area contributed by atoms with Crippen molar-refractivity contribution in [3.05, 3.63) is 0 Å². The molecule has 0 aromatic rings. The highest BCUT2D eigenvalue weighted by Crippen LogP contribution is 2.09. The van der Waals surface area contributed by atoms with E-state index >= 15 is 0 Å². The van der Waals surface area contributed by atoms with E-state index in [1.165, 1.54) is 0 Å². The number of rotatable bonds is 2. The zero-order valence-electron chi connectivity index (χ0n) is 9.43. The zero-order chi connectivity index (χ0) is 11.5. The molecule has 0 amide bonds. The number of carbonyl (C=O) groups is 2. The standard InChI is InChI=1S/C4H7BrO.C4H8O.C2H6/c1-4(2,5)3-6;1-4(2)3-5;1-2/h3H,1-2H3;3-4H,1-2H3;1-2H3. The molecule has 80 valence electrons. The molecular formula is C10H21BrO2. The fourth-order valence-corrected chi connectivity index (χ4v) is 0. The first-order chi connectivity index (χ1) is 5.83. The largest absolute Gasteiger partial charge is 0.303 e. The Labute approximate surface area is 90.2 Å². The van der Waals surface area contributed by atoms with Crippen LogP contribution in [-0.2, 0) is 9.59 Å². The summed E-state index contributed by atoms with van der Waals surface area (Å²) in [6, 6.07) is 0. The van der Waals surface area contributed by atoms with Gasteiger partial charge in [0.05, 0.1) is 4.32 Å². The Hall–Kier alpha value is -0.180. The summed E-state index contributed by atoms with van der Waals surface area (Å²) in [5.41, 5.74) is 0. The molecule has 0 aromatic carbocycles. The lowest BCUT2D eigenvalue weighted by atomic mass is 10.3. The van der Waals surface area contributed by atoms with Gasteiger partial charge in [-0.2, -0.15) is 0 Å². The van der Waals surface area contributed by atoms with Crippen LogP contribution in [0.4, 0.5) is 0 Å². The van der Waals surface area contributed by atoms with Crippen LogP contribution in [0, 0.1) is 5.92 Å². The van der Waals surface area contributed by atoms with E-state index in [1.807, 2.05) is 27.7 Å². The van der Waals surface area contributed by atoms with Crippen LogP contribution >= 0.6 is 15.9 Å². The number of hydrogen-bond donors (Lipinski definition) is 0. The highest BCUT2D eigenvalue weighted by molar-refractivity contribution is 9.10. The van der Waals surface area contributed by atoms with Crippen LogP contribution in [0.1, 0.15) is 41.5 Å². The minimum atomic E-state index is -0.326. The molecule has 0 aliphatic carbocycles. The van der Waals surface area contributed by atoms with Gasteiger partial charge in [0.2, 0.25) is 0 Å². The monoisotopic (exact) mass is 252 g/mol. The zero-order valence-corrected chi connectivity index (χ0v) is 11.0. The normalized spacial score (nSPS) is 8.92. The van der Waals surface area contributed by atoms with Crippen molar-refractivity contribution in [2.45, 2.75) is 45.9 Å². The average Bonchev–Trinajstić information content (AvgIpc) is 2.08. The van der Waals surface area contributed by atoms with Gasteiger partial charge in [-0.05, 0) is 13.8 Å². The summed E-state index contributed by atoms with van der Waals surface area (Å²) in [6.45, 7) is 11.3. The maximum atomic E-state index is 9.78. The number of halogens is 1. The quantitative estimate of drug-likeness (QED) is 0.559. The smallest absolute Gasteiger partial charge is 0.136 e. The Kier molecular flexibility index (Phi) is 16.9. The number of hydrogen-bond acceptors (Lipinski definition) is 2. The molecule has 0 radical (unpaired) electrons. The minimum absolute atomic E-state index is 0.204. The summed E-state index contributed by atoms with van der Waals surface area (Å²) in [4.78, 5) is 19.3. The first kappa shape index (κ1) is 18.6. The van der Waals surface area contributed by atoms with Gasteiger partial charge < -0.3 is 9.59 Å². The Balaban J connectivity index is -0.000000131. The second-order valence-electron chi connectivity index (χ2n) is 3.06. The van der Waals surface area contributed by atoms with Crippen LogP contribution < -0.4 is 0 Å². The Morgan fingerprint density at radius 2 is 1.31 bits per heavy atom. The Bertz CT molecular complexity index is 115. The number of carbonyl (C=O) groups excluding carboxylic acids is 2. The van der Waals surface area contributed by atoms with Gasteiger partial charge in [0.15, 0.2) is 0 Å². The molecule has 0 fully saturated rings. The van der Waals surface area contributed by atoms with Crippen LogP contribution in [0.3, 0.4) is 0 Å². The van der Waals surface area contributed by atoms with Crippen molar-refractivity contribution in [1.82, 2.24) is 0 Å². The third-order valence-corrected chi connectivity index (χ3v) is 0.739. The van der Waals surface area contributed by atoms with Crippen LogP contribution in [0.25, 0.3) is 0 Å². The molecule has 0 aliphatic rings. The summed E-state index contributed by atoms with van der Waals surface area (Å²) in [6.07, 6.45) is 1.77. The molecule has 0 bridgehead atoms. The van der Waals surface area contributed by atoms with E-state index in [0.717, 1.165) is 12.6 Å². The minimum Gasteiger partial charge on any atom is -0.303 e. The van der Waals surface area contributed by atoms with Crippen molar-refractivity contribution in [2.75, 3.05) is 0 Å². The molecule has 0 N–H and O–H groups in total. The third-order valence-electron chi connectivity index (χ3n) is 0.552. The number of aldehydes is 2. The Morgan fingerprint density at radius 3 is 1.31 bits per heavy atom. The van der Waals surface area contributed by atoms with Gasteiger partial charge in [0, 0.05) is 5.92 Å². The van der Waals surface area contributed by atoms with E-state index in [-0.39, 0.29) is 10.2 Å². The second kappa shape index (κ2) is 11.8. The van der Waals surface area contributed by atoms with E-state index in [9.17, 15) is 9.59 Å². The van der Waals surface area contributed by atoms with Gasteiger partial charge in [0.1, 0.15) is 12.6 Å². The molecule has 0 atom stereocenters. The van der Waals surface area contributed by atoms with Gasteiger partial charge >= 0.3 is 0 Å². The summed E-state index contributed by atoms with van der Waals surface area (Å²) in [5, 5.41) is 0. The van der Waals surface area contributed by atoms with E-state index in [4.69, 9.17) is 0 Å². The van der Waals surface area contributed by atoms with Gasteiger partial charge in [-0.25, -0.2) is 0 Å². The van der Waals surface area contributed by atoms with E-state index in [1.54, 1.807) is 13.8 Å². The van der Waals surface area contributed by atoms with E-state index in [0.29, 0.717) is 0 Å². The van der Waals surface area contributed by atoms with Crippen LogP contribution in [0.15, 0.2) is 0 Å². The molecule has 0 aliphatic heterocycles. The molecule has 0 saturated heterocycles. The molecule has 0 heterocycles. The molecule has 0 aromatic heterocycles. The maximum absolute atomic E-state index is 9.78. The summed E-state index contributed by atoms with van der Waals surface area (Å²) in [7, 11) is 0. The SMILES string of the molecule is CC.CC(C)(Br)C=O.CC(C)C=O. The van der Waals surface area contributed by atoms with Gasteiger partial charge in [0.25, 0.3) is 0 Å². The molecule has 0 spiro atoms. The predicted octanol–water partition coefficient (Wildman–Crippen LogP) is 3.23. The van der Waals surface area contributed by atoms with Crippen molar-refractivity contribution in [3.8, 4) is 0 Å². The maximum Gasteiger partial charge on any atom is 0.136 e. The van der Waals surface area contributed by atoms with Crippen LogP contribution in [0.5, 0.6) is 0 Å². The topological polar surface area (TPSA) is 34.1 Å². The highest BCUT2D eigenvalue weighted by Gasteiger charge is 2.07. The summed E-state index contributed by atoms with van der Waals surface area (Å²) < 4.78 is -0.326. The molecule has 0 rings (SSSR count). The third kappa shape index (κ3) is 49.1. The summed E-state index contributed by atoms with van der Waals surface area (Å²) in [5.74, 6) is 0.204. The van der Waals surface area contributed by atoms with Crippen molar-refractivity contribution in [3.63, 3.8) is 0 Å². The lowest BCUT2D eigenvalue weighted by molar-refractivity contribution is -0.110. The molecule has 3 heteroatoms. The first-order valence-corrected chi connectivity index (χ1v) is 5.23. The fraction of sp³-hybridized carbons (Fsp3) is 0.800. The molecule has 13 heavy (non-hydrogen) atoms. The molecular weight excluding hydrogens is 232 g/mol. The van der Waals surface area contributed by atoms with E-state index < -0.39 is 0 Å². The van der Waals surface area contributed by atoms with Crippen molar-refractivity contribution < 1.29 is 9.59 Å². The summed E-state index contributed by atoms with van der Waals surface area (Å²) >= 11 is 3.11. The first-order valence-electron chi connectivity index (χ1n) is 4.44. The molecule has 0 saturated carbocycles. The van der Waals surface area contributed by atoms with Gasteiger partial charge in [-0.1, -0.05) is 43.6 Å².